The van der Waals surface area contributed by atoms with E-state index < -0.39 is 0 Å². The van der Waals surface area contributed by atoms with Crippen molar-refractivity contribution in [3.8, 4) is 10.6 Å². The molecule has 1 aromatic heterocycles. The molecule has 0 aliphatic heterocycles. The van der Waals surface area contributed by atoms with Crippen molar-refractivity contribution < 1.29 is 0 Å². The van der Waals surface area contributed by atoms with Gasteiger partial charge in [0.2, 0.25) is 0 Å². The van der Waals surface area contributed by atoms with Crippen LogP contribution >= 0.6 is 33.9 Å². The molecule has 0 N–H and O–H groups in total. The van der Waals surface area contributed by atoms with Gasteiger partial charge in [-0.05, 0) is 0 Å². The second-order valence-electron chi connectivity index (χ2n) is 2.64. The van der Waals surface area contributed by atoms with E-state index in [4.69, 9.17) is 0 Å². The first-order valence-corrected chi connectivity index (χ1v) is 6.36. The SMILES string of the molecule is ICc1csc(-c2ccccc2)n1. The molecular formula is C10H8INS. The summed E-state index contributed by atoms with van der Waals surface area (Å²) in [6.45, 7) is 0. The van der Waals surface area contributed by atoms with Gasteiger partial charge in [-0.15, -0.1) is 11.3 Å². The van der Waals surface area contributed by atoms with Gasteiger partial charge < -0.3 is 0 Å². The maximum Gasteiger partial charge on any atom is 0.123 e. The average Bonchev–Trinajstić information content (AvgIpc) is 2.67. The van der Waals surface area contributed by atoms with E-state index in [1.165, 1.54) is 11.3 Å². The van der Waals surface area contributed by atoms with Crippen LogP contribution in [-0.2, 0) is 4.43 Å². The quantitative estimate of drug-likeness (QED) is 0.608. The molecule has 0 aliphatic rings. The van der Waals surface area contributed by atoms with Gasteiger partial charge in [0.1, 0.15) is 5.01 Å². The highest BCUT2D eigenvalue weighted by atomic mass is 127. The highest BCUT2D eigenvalue weighted by molar-refractivity contribution is 14.1. The zero-order chi connectivity index (χ0) is 9.10. The van der Waals surface area contributed by atoms with Crippen molar-refractivity contribution in [1.82, 2.24) is 4.98 Å². The third-order valence-electron chi connectivity index (χ3n) is 1.71. The summed E-state index contributed by atoms with van der Waals surface area (Å²) in [7, 11) is 0. The molecule has 66 valence electrons. The molecule has 2 aromatic rings. The largest absolute Gasteiger partial charge is 0.240 e. The topological polar surface area (TPSA) is 12.9 Å². The molecular weight excluding hydrogens is 293 g/mol. The van der Waals surface area contributed by atoms with E-state index in [2.05, 4.69) is 45.1 Å². The molecule has 0 atom stereocenters. The summed E-state index contributed by atoms with van der Waals surface area (Å²) < 4.78 is 0.987. The Morgan fingerprint density at radius 3 is 2.62 bits per heavy atom. The summed E-state index contributed by atoms with van der Waals surface area (Å²) in [5.74, 6) is 0. The van der Waals surface area contributed by atoms with Gasteiger partial charge in [0.05, 0.1) is 5.69 Å². The van der Waals surface area contributed by atoms with Crippen molar-refractivity contribution in [3.05, 3.63) is 41.4 Å². The van der Waals surface area contributed by atoms with Gasteiger partial charge in [-0.2, -0.15) is 0 Å². The van der Waals surface area contributed by atoms with Gasteiger partial charge in [0.25, 0.3) is 0 Å². The summed E-state index contributed by atoms with van der Waals surface area (Å²) in [6, 6.07) is 10.3. The zero-order valence-electron chi connectivity index (χ0n) is 6.90. The van der Waals surface area contributed by atoms with Crippen LogP contribution in [0.2, 0.25) is 0 Å². The Bertz CT molecular complexity index is 383. The number of aromatic nitrogens is 1. The van der Waals surface area contributed by atoms with Crippen molar-refractivity contribution in [1.29, 1.82) is 0 Å². The maximum atomic E-state index is 4.51. The molecule has 13 heavy (non-hydrogen) atoms. The average molecular weight is 301 g/mol. The fraction of sp³-hybridized carbons (Fsp3) is 0.100. The van der Waals surface area contributed by atoms with Crippen LogP contribution in [0.1, 0.15) is 5.69 Å². The predicted octanol–water partition coefficient (Wildman–Crippen LogP) is 3.75. The molecule has 0 aliphatic carbocycles. The molecule has 2 rings (SSSR count). The molecule has 1 aromatic carbocycles. The van der Waals surface area contributed by atoms with Crippen LogP contribution in [0.3, 0.4) is 0 Å². The fourth-order valence-corrected chi connectivity index (χ4v) is 2.60. The lowest BCUT2D eigenvalue weighted by Crippen LogP contribution is -1.77. The normalized spacial score (nSPS) is 10.2. The lowest BCUT2D eigenvalue weighted by molar-refractivity contribution is 1.26. The molecule has 3 heteroatoms. The van der Waals surface area contributed by atoms with Crippen LogP contribution in [0.25, 0.3) is 10.6 Å². The summed E-state index contributed by atoms with van der Waals surface area (Å²) in [4.78, 5) is 4.51. The van der Waals surface area contributed by atoms with Crippen molar-refractivity contribution in [3.63, 3.8) is 0 Å². The lowest BCUT2D eigenvalue weighted by Gasteiger charge is -1.92. The summed E-state index contributed by atoms with van der Waals surface area (Å²) in [6.07, 6.45) is 0. The van der Waals surface area contributed by atoms with Crippen LogP contribution in [-0.4, -0.2) is 4.98 Å². The maximum absolute atomic E-state index is 4.51. The second kappa shape index (κ2) is 4.19. The highest BCUT2D eigenvalue weighted by Crippen LogP contribution is 2.23. The fourth-order valence-electron chi connectivity index (χ4n) is 1.08. The molecule has 0 bridgehead atoms. The number of nitrogens with zero attached hydrogens (tertiary/aromatic N) is 1. The molecule has 0 saturated heterocycles. The third-order valence-corrected chi connectivity index (χ3v) is 3.43. The van der Waals surface area contributed by atoms with Gasteiger partial charge >= 0.3 is 0 Å². The lowest BCUT2D eigenvalue weighted by atomic mass is 10.2. The van der Waals surface area contributed by atoms with Crippen LogP contribution in [0.5, 0.6) is 0 Å². The second-order valence-corrected chi connectivity index (χ2v) is 4.26. The third kappa shape index (κ3) is 2.08. The summed E-state index contributed by atoms with van der Waals surface area (Å²) in [5, 5.41) is 3.24. The van der Waals surface area contributed by atoms with E-state index in [1.54, 1.807) is 11.3 Å². The van der Waals surface area contributed by atoms with Crippen molar-refractivity contribution >= 4 is 33.9 Å². The number of alkyl halides is 1. The van der Waals surface area contributed by atoms with Crippen LogP contribution in [0.4, 0.5) is 0 Å². The van der Waals surface area contributed by atoms with Crippen LogP contribution < -0.4 is 0 Å². The molecule has 1 heterocycles. The first kappa shape index (κ1) is 9.15. The molecule has 1 nitrogen and oxygen atoms in total. The van der Waals surface area contributed by atoms with E-state index in [1.807, 2.05) is 18.2 Å². The Balaban J connectivity index is 2.36. The monoisotopic (exact) mass is 301 g/mol. The molecule has 0 radical (unpaired) electrons. The van der Waals surface area contributed by atoms with Gasteiger partial charge in [0.15, 0.2) is 0 Å². The Labute approximate surface area is 95.0 Å². The van der Waals surface area contributed by atoms with E-state index in [0.717, 1.165) is 9.44 Å². The molecule has 0 saturated carbocycles. The predicted molar refractivity (Wildman–Crippen MR) is 65.3 cm³/mol. The minimum atomic E-state index is 0.987. The number of thiazole rings is 1. The Morgan fingerprint density at radius 1 is 1.23 bits per heavy atom. The first-order chi connectivity index (χ1) is 6.40. The minimum absolute atomic E-state index is 0.987. The number of hydrogen-bond donors (Lipinski definition) is 0. The van der Waals surface area contributed by atoms with Crippen LogP contribution in [0.15, 0.2) is 35.7 Å². The number of benzene rings is 1. The first-order valence-electron chi connectivity index (χ1n) is 3.96. The Morgan fingerprint density at radius 2 is 2.00 bits per heavy atom. The Kier molecular flexibility index (Phi) is 2.95. The summed E-state index contributed by atoms with van der Waals surface area (Å²) in [5.41, 5.74) is 2.38. The van der Waals surface area contributed by atoms with Gasteiger partial charge in [-0.25, -0.2) is 4.98 Å². The number of hydrogen-bond acceptors (Lipinski definition) is 2. The van der Waals surface area contributed by atoms with Gasteiger partial charge in [-0.3, -0.25) is 0 Å². The molecule has 0 fully saturated rings. The molecule has 0 spiro atoms. The summed E-state index contributed by atoms with van der Waals surface area (Å²) >= 11 is 4.04. The standard InChI is InChI=1S/C10H8INS/c11-6-9-7-13-10(12-9)8-4-2-1-3-5-8/h1-5,7H,6H2. The molecule has 0 unspecified atom stereocenters. The van der Waals surface area contributed by atoms with E-state index in [0.29, 0.717) is 0 Å². The van der Waals surface area contributed by atoms with E-state index in [-0.39, 0.29) is 0 Å². The number of halogens is 1. The van der Waals surface area contributed by atoms with Crippen LogP contribution in [0, 0.1) is 0 Å². The Hall–Kier alpha value is -0.420. The van der Waals surface area contributed by atoms with E-state index in [9.17, 15) is 0 Å². The van der Waals surface area contributed by atoms with Crippen molar-refractivity contribution in [2.24, 2.45) is 0 Å². The van der Waals surface area contributed by atoms with E-state index >= 15 is 0 Å². The van der Waals surface area contributed by atoms with Crippen molar-refractivity contribution in [2.75, 3.05) is 0 Å². The highest BCUT2D eigenvalue weighted by Gasteiger charge is 2.01. The van der Waals surface area contributed by atoms with Crippen molar-refractivity contribution in [2.45, 2.75) is 4.43 Å². The molecule has 0 amide bonds. The number of rotatable bonds is 2. The van der Waals surface area contributed by atoms with Gasteiger partial charge in [0, 0.05) is 15.4 Å². The smallest absolute Gasteiger partial charge is 0.123 e. The van der Waals surface area contributed by atoms with Gasteiger partial charge in [-0.1, -0.05) is 52.9 Å². The zero-order valence-corrected chi connectivity index (χ0v) is 9.88. The minimum Gasteiger partial charge on any atom is -0.240 e.